The lowest BCUT2D eigenvalue weighted by Gasteiger charge is -2.34. The minimum absolute atomic E-state index is 0.544. The van der Waals surface area contributed by atoms with Gasteiger partial charge < -0.3 is 9.47 Å². The molecule has 0 radical (unpaired) electrons. The van der Waals surface area contributed by atoms with Crippen molar-refractivity contribution in [3.63, 3.8) is 0 Å². The molecule has 0 heterocycles. The van der Waals surface area contributed by atoms with Gasteiger partial charge in [0.2, 0.25) is 0 Å². The number of fused-ring (bicyclic) bond motifs is 6. The molecule has 2 nitrogen and oxygen atoms in total. The summed E-state index contributed by atoms with van der Waals surface area (Å²) in [6.45, 7) is 7.43. The van der Waals surface area contributed by atoms with Crippen molar-refractivity contribution in [2.75, 3.05) is 0 Å². The maximum atomic E-state index is 5.60. The fourth-order valence-corrected chi connectivity index (χ4v) is 6.32. The van der Waals surface area contributed by atoms with E-state index in [1.807, 2.05) is 24.3 Å². The summed E-state index contributed by atoms with van der Waals surface area (Å²) in [6.07, 6.45) is 2.92. The van der Waals surface area contributed by atoms with Gasteiger partial charge in [0, 0.05) is 0 Å². The van der Waals surface area contributed by atoms with E-state index in [2.05, 4.69) is 110 Å². The van der Waals surface area contributed by atoms with E-state index in [1.54, 1.807) is 0 Å². The van der Waals surface area contributed by atoms with Gasteiger partial charge in [-0.15, -0.1) is 0 Å². The minimum atomic E-state index is -0.544. The lowest BCUT2D eigenvalue weighted by atomic mass is 9.67. The maximum absolute atomic E-state index is 5.60. The Morgan fingerprint density at radius 2 is 1.05 bits per heavy atom. The Kier molecular flexibility index (Phi) is 5.35. The van der Waals surface area contributed by atoms with E-state index >= 15 is 0 Å². The smallest absolute Gasteiger partial charge is 0.126 e. The Morgan fingerprint density at radius 3 is 1.64 bits per heavy atom. The van der Waals surface area contributed by atoms with Crippen molar-refractivity contribution in [3.05, 3.63) is 169 Å². The van der Waals surface area contributed by atoms with Crippen LogP contribution < -0.4 is 9.47 Å². The van der Waals surface area contributed by atoms with Crippen LogP contribution in [0, 0.1) is 0 Å². The Bertz CT molecular complexity index is 1830. The molecule has 6 aromatic carbocycles. The molecule has 0 aromatic heterocycles. The van der Waals surface area contributed by atoms with Crippen LogP contribution in [0.15, 0.2) is 147 Å². The van der Waals surface area contributed by atoms with Gasteiger partial charge >= 0.3 is 0 Å². The number of hydrogen-bond donors (Lipinski definition) is 0. The van der Waals surface area contributed by atoms with Crippen molar-refractivity contribution in [2.45, 2.75) is 5.41 Å². The number of ether oxygens (including phenoxy) is 2. The van der Waals surface area contributed by atoms with Crippen molar-refractivity contribution < 1.29 is 9.47 Å². The molecule has 0 bridgehead atoms. The van der Waals surface area contributed by atoms with E-state index in [4.69, 9.17) is 9.47 Å². The molecule has 0 amide bonds. The average Bonchev–Trinajstić information content (AvgIpc) is 3.27. The van der Waals surface area contributed by atoms with E-state index in [-0.39, 0.29) is 0 Å². The van der Waals surface area contributed by atoms with Gasteiger partial charge in [-0.05, 0) is 91.3 Å². The van der Waals surface area contributed by atoms with Crippen LogP contribution in [0.4, 0.5) is 0 Å². The Balaban J connectivity index is 1.64. The second kappa shape index (κ2) is 9.04. The van der Waals surface area contributed by atoms with E-state index in [0.29, 0.717) is 0 Å². The highest BCUT2D eigenvalue weighted by atomic mass is 16.5. The topological polar surface area (TPSA) is 18.5 Å². The van der Waals surface area contributed by atoms with Crippen LogP contribution in [0.3, 0.4) is 0 Å². The molecule has 0 fully saturated rings. The van der Waals surface area contributed by atoms with Crippen molar-refractivity contribution in [1.29, 1.82) is 0 Å². The summed E-state index contributed by atoms with van der Waals surface area (Å²) in [5.41, 5.74) is 6.87. The summed E-state index contributed by atoms with van der Waals surface area (Å²) < 4.78 is 11.2. The molecule has 0 spiro atoms. The lowest BCUT2D eigenvalue weighted by molar-refractivity contribution is 0.482. The van der Waals surface area contributed by atoms with Crippen molar-refractivity contribution in [3.8, 4) is 22.6 Å². The summed E-state index contributed by atoms with van der Waals surface area (Å²) in [5, 5.41) is 4.94. The van der Waals surface area contributed by atoms with Gasteiger partial charge in [-0.1, -0.05) is 98.1 Å². The molecule has 1 aliphatic rings. The fourth-order valence-electron chi connectivity index (χ4n) is 6.32. The molecule has 0 aliphatic heterocycles. The molecule has 39 heavy (non-hydrogen) atoms. The predicted octanol–water partition coefficient (Wildman–Crippen LogP) is 9.40. The molecule has 0 unspecified atom stereocenters. The Labute approximate surface area is 228 Å². The highest BCUT2D eigenvalue weighted by Gasteiger charge is 2.47. The summed E-state index contributed by atoms with van der Waals surface area (Å²) >= 11 is 0. The van der Waals surface area contributed by atoms with Gasteiger partial charge in [0.05, 0.1) is 17.9 Å². The van der Waals surface area contributed by atoms with Gasteiger partial charge in [-0.25, -0.2) is 0 Å². The van der Waals surface area contributed by atoms with Gasteiger partial charge in [0.1, 0.15) is 11.5 Å². The summed E-state index contributed by atoms with van der Waals surface area (Å²) in [5.74, 6) is 1.52. The third-order valence-corrected chi connectivity index (χ3v) is 7.91. The first-order valence-electron chi connectivity index (χ1n) is 13.1. The molecular weight excluding hydrogens is 476 g/mol. The number of benzene rings is 6. The molecule has 186 valence electrons. The van der Waals surface area contributed by atoms with Gasteiger partial charge in [-0.3, -0.25) is 0 Å². The largest absolute Gasteiger partial charge is 0.466 e. The maximum Gasteiger partial charge on any atom is 0.126 e. The van der Waals surface area contributed by atoms with Crippen LogP contribution >= 0.6 is 0 Å². The lowest BCUT2D eigenvalue weighted by Crippen LogP contribution is -2.28. The van der Waals surface area contributed by atoms with Gasteiger partial charge in [0.25, 0.3) is 0 Å². The van der Waals surface area contributed by atoms with E-state index < -0.39 is 5.41 Å². The Morgan fingerprint density at radius 1 is 0.513 bits per heavy atom. The standard InChI is InChI=1S/C37H26O2/c1-3-38-30-18-14-28(15-19-30)37(29-16-20-31(21-17-29)39-4-2)34-22-13-25-9-7-8-12-32(25)36(34)33-23-26-10-5-6-11-27(26)24-35(33)37/h3-24H,1-2H2. The molecule has 0 saturated heterocycles. The summed E-state index contributed by atoms with van der Waals surface area (Å²) in [4.78, 5) is 0. The Hall–Kier alpha value is -5.08. The van der Waals surface area contributed by atoms with Crippen LogP contribution in [-0.4, -0.2) is 0 Å². The highest BCUT2D eigenvalue weighted by molar-refractivity contribution is 6.06. The summed E-state index contributed by atoms with van der Waals surface area (Å²) in [6, 6.07) is 43.4. The first-order valence-corrected chi connectivity index (χ1v) is 13.1. The van der Waals surface area contributed by atoms with E-state index in [9.17, 15) is 0 Å². The first kappa shape index (κ1) is 23.1. The molecule has 1 aliphatic carbocycles. The van der Waals surface area contributed by atoms with E-state index in [1.165, 1.54) is 67.4 Å². The second-order valence-corrected chi connectivity index (χ2v) is 9.82. The molecule has 0 saturated carbocycles. The summed E-state index contributed by atoms with van der Waals surface area (Å²) in [7, 11) is 0. The number of hydrogen-bond acceptors (Lipinski definition) is 2. The van der Waals surface area contributed by atoms with E-state index in [0.717, 1.165) is 11.5 Å². The normalized spacial score (nSPS) is 13.0. The van der Waals surface area contributed by atoms with Gasteiger partial charge in [0.15, 0.2) is 0 Å². The third kappa shape index (κ3) is 3.42. The molecule has 6 aromatic rings. The number of rotatable bonds is 6. The average molecular weight is 503 g/mol. The van der Waals surface area contributed by atoms with Crippen LogP contribution in [0.2, 0.25) is 0 Å². The monoisotopic (exact) mass is 502 g/mol. The zero-order chi connectivity index (χ0) is 26.4. The molecule has 0 atom stereocenters. The van der Waals surface area contributed by atoms with Crippen LogP contribution in [0.5, 0.6) is 11.5 Å². The molecule has 2 heteroatoms. The van der Waals surface area contributed by atoms with Crippen LogP contribution in [0.25, 0.3) is 32.7 Å². The molecule has 7 rings (SSSR count). The zero-order valence-electron chi connectivity index (χ0n) is 21.4. The predicted molar refractivity (Wildman–Crippen MR) is 160 cm³/mol. The minimum Gasteiger partial charge on any atom is -0.466 e. The molecule has 0 N–H and O–H groups in total. The SMILES string of the molecule is C=COc1ccc(C2(c3ccc(OC=C)cc3)c3cc4ccccc4cc3-c3c2ccc2ccccc32)cc1. The molecular formula is C37H26O2. The van der Waals surface area contributed by atoms with Gasteiger partial charge in [-0.2, -0.15) is 0 Å². The first-order chi connectivity index (χ1) is 19.2. The zero-order valence-corrected chi connectivity index (χ0v) is 21.4. The quantitative estimate of drug-likeness (QED) is 0.211. The van der Waals surface area contributed by atoms with Crippen LogP contribution in [-0.2, 0) is 5.41 Å². The third-order valence-electron chi connectivity index (χ3n) is 7.91. The van der Waals surface area contributed by atoms with Crippen molar-refractivity contribution in [2.24, 2.45) is 0 Å². The fraction of sp³-hybridized carbons (Fsp3) is 0.0270. The second-order valence-electron chi connectivity index (χ2n) is 9.82. The van der Waals surface area contributed by atoms with Crippen molar-refractivity contribution in [1.82, 2.24) is 0 Å². The van der Waals surface area contributed by atoms with Crippen LogP contribution in [0.1, 0.15) is 22.3 Å². The highest BCUT2D eigenvalue weighted by Crippen LogP contribution is 2.58. The van der Waals surface area contributed by atoms with Crippen molar-refractivity contribution >= 4 is 21.5 Å².